The fraction of sp³-hybridized carbons (Fsp3) is 0.733. The summed E-state index contributed by atoms with van der Waals surface area (Å²) in [6, 6.07) is 0. The number of anilines is 2. The minimum Gasteiger partial charge on any atom is -0.388 e. The highest BCUT2D eigenvalue weighted by Crippen LogP contribution is 2.21. The molecule has 0 radical (unpaired) electrons. The van der Waals surface area contributed by atoms with Gasteiger partial charge in [-0.25, -0.2) is 9.97 Å². The van der Waals surface area contributed by atoms with Crippen molar-refractivity contribution >= 4 is 11.6 Å². The Balaban J connectivity index is 2.76. The molecule has 1 heterocycles. The van der Waals surface area contributed by atoms with Gasteiger partial charge in [0.05, 0.1) is 5.60 Å². The number of aromatic nitrogens is 2. The number of hydrogen-bond donors (Lipinski definition) is 3. The zero-order chi connectivity index (χ0) is 15.9. The maximum absolute atomic E-state index is 10.3. The van der Waals surface area contributed by atoms with E-state index < -0.39 is 5.60 Å². The molecule has 21 heavy (non-hydrogen) atoms. The fourth-order valence-corrected chi connectivity index (χ4v) is 1.90. The normalized spacial score (nSPS) is 13.8. The van der Waals surface area contributed by atoms with Gasteiger partial charge in [0.1, 0.15) is 17.5 Å². The SMILES string of the molecule is CCCNc1nc(C)nc(NCC(C)(O)CCOC)c1C. The molecule has 0 fully saturated rings. The largest absolute Gasteiger partial charge is 0.388 e. The van der Waals surface area contributed by atoms with Crippen LogP contribution in [0.3, 0.4) is 0 Å². The molecule has 6 heteroatoms. The molecule has 1 unspecified atom stereocenters. The predicted octanol–water partition coefficient (Wildman–Crippen LogP) is 2.11. The molecule has 0 saturated heterocycles. The molecule has 6 nitrogen and oxygen atoms in total. The third-order valence-electron chi connectivity index (χ3n) is 3.28. The summed E-state index contributed by atoms with van der Waals surface area (Å²) in [7, 11) is 1.63. The van der Waals surface area contributed by atoms with E-state index in [-0.39, 0.29) is 0 Å². The topological polar surface area (TPSA) is 79.3 Å². The van der Waals surface area contributed by atoms with Gasteiger partial charge < -0.3 is 20.5 Å². The third-order valence-corrected chi connectivity index (χ3v) is 3.28. The molecule has 1 rings (SSSR count). The highest BCUT2D eigenvalue weighted by atomic mass is 16.5. The Labute approximate surface area is 127 Å². The highest BCUT2D eigenvalue weighted by molar-refractivity contribution is 5.57. The van der Waals surface area contributed by atoms with Crippen molar-refractivity contribution in [3.8, 4) is 0 Å². The molecule has 0 aliphatic carbocycles. The molecular formula is C15H28N4O2. The van der Waals surface area contributed by atoms with Crippen LogP contribution in [0.5, 0.6) is 0 Å². The van der Waals surface area contributed by atoms with Gasteiger partial charge in [-0.15, -0.1) is 0 Å². The van der Waals surface area contributed by atoms with Crippen molar-refractivity contribution in [3.05, 3.63) is 11.4 Å². The molecule has 0 saturated carbocycles. The van der Waals surface area contributed by atoms with Crippen LogP contribution in [-0.2, 0) is 4.74 Å². The Morgan fingerprint density at radius 2 is 1.81 bits per heavy atom. The molecule has 0 bridgehead atoms. The zero-order valence-electron chi connectivity index (χ0n) is 13.8. The zero-order valence-corrected chi connectivity index (χ0v) is 13.8. The molecule has 3 N–H and O–H groups in total. The van der Waals surface area contributed by atoms with E-state index in [9.17, 15) is 5.11 Å². The van der Waals surface area contributed by atoms with Gasteiger partial charge in [0.15, 0.2) is 0 Å². The molecule has 0 spiro atoms. The van der Waals surface area contributed by atoms with Crippen molar-refractivity contribution in [2.45, 2.75) is 46.1 Å². The van der Waals surface area contributed by atoms with Crippen molar-refractivity contribution < 1.29 is 9.84 Å². The minimum atomic E-state index is -0.835. The number of nitrogens with one attached hydrogen (secondary N) is 2. The summed E-state index contributed by atoms with van der Waals surface area (Å²) in [6.45, 7) is 9.57. The van der Waals surface area contributed by atoms with Gasteiger partial charge in [-0.05, 0) is 27.2 Å². The van der Waals surface area contributed by atoms with Crippen LogP contribution in [0, 0.1) is 13.8 Å². The van der Waals surface area contributed by atoms with E-state index in [4.69, 9.17) is 4.74 Å². The quantitative estimate of drug-likeness (QED) is 0.648. The lowest BCUT2D eigenvalue weighted by molar-refractivity contribution is 0.0357. The summed E-state index contributed by atoms with van der Waals surface area (Å²) in [6.07, 6.45) is 1.61. The van der Waals surface area contributed by atoms with Crippen LogP contribution in [0.25, 0.3) is 0 Å². The van der Waals surface area contributed by atoms with Gasteiger partial charge in [0.2, 0.25) is 0 Å². The van der Waals surface area contributed by atoms with Crippen molar-refractivity contribution in [3.63, 3.8) is 0 Å². The predicted molar refractivity (Wildman–Crippen MR) is 85.9 cm³/mol. The van der Waals surface area contributed by atoms with E-state index in [2.05, 4.69) is 27.5 Å². The average molecular weight is 296 g/mol. The Kier molecular flexibility index (Phi) is 6.84. The van der Waals surface area contributed by atoms with Gasteiger partial charge >= 0.3 is 0 Å². The summed E-state index contributed by atoms with van der Waals surface area (Å²) < 4.78 is 5.01. The van der Waals surface area contributed by atoms with Gasteiger partial charge in [-0.1, -0.05) is 6.92 Å². The molecule has 120 valence electrons. The number of nitrogens with zero attached hydrogens (tertiary/aromatic N) is 2. The lowest BCUT2D eigenvalue weighted by Gasteiger charge is -2.24. The number of hydrogen-bond acceptors (Lipinski definition) is 6. The van der Waals surface area contributed by atoms with Crippen molar-refractivity contribution in [2.75, 3.05) is 37.4 Å². The van der Waals surface area contributed by atoms with Crippen molar-refractivity contribution in [1.82, 2.24) is 9.97 Å². The Hall–Kier alpha value is -1.40. The first-order chi connectivity index (χ1) is 9.89. The van der Waals surface area contributed by atoms with Gasteiger partial charge in [0, 0.05) is 38.8 Å². The lowest BCUT2D eigenvalue weighted by Crippen LogP contribution is -2.35. The van der Waals surface area contributed by atoms with E-state index in [1.165, 1.54) is 0 Å². The minimum absolute atomic E-state index is 0.418. The Morgan fingerprint density at radius 3 is 2.38 bits per heavy atom. The first-order valence-corrected chi connectivity index (χ1v) is 7.44. The van der Waals surface area contributed by atoms with E-state index in [1.807, 2.05) is 13.8 Å². The van der Waals surface area contributed by atoms with E-state index in [0.717, 1.165) is 30.2 Å². The van der Waals surface area contributed by atoms with Crippen LogP contribution < -0.4 is 10.6 Å². The second-order valence-electron chi connectivity index (χ2n) is 5.61. The highest BCUT2D eigenvalue weighted by Gasteiger charge is 2.20. The maximum atomic E-state index is 10.3. The first kappa shape index (κ1) is 17.7. The molecular weight excluding hydrogens is 268 g/mol. The molecule has 0 aliphatic rings. The first-order valence-electron chi connectivity index (χ1n) is 7.44. The van der Waals surface area contributed by atoms with Crippen LogP contribution in [0.15, 0.2) is 0 Å². The van der Waals surface area contributed by atoms with E-state index in [1.54, 1.807) is 14.0 Å². The summed E-state index contributed by atoms with van der Waals surface area (Å²) in [5.74, 6) is 2.32. The van der Waals surface area contributed by atoms with Gasteiger partial charge in [-0.3, -0.25) is 0 Å². The smallest absolute Gasteiger partial charge is 0.134 e. The number of aryl methyl sites for hydroxylation is 1. The van der Waals surface area contributed by atoms with E-state index in [0.29, 0.717) is 25.4 Å². The van der Waals surface area contributed by atoms with Crippen LogP contribution in [-0.4, -0.2) is 47.5 Å². The molecule has 1 aromatic rings. The molecule has 1 aromatic heterocycles. The second kappa shape index (κ2) is 8.14. The van der Waals surface area contributed by atoms with Crippen molar-refractivity contribution in [1.29, 1.82) is 0 Å². The number of methoxy groups -OCH3 is 1. The summed E-state index contributed by atoms with van der Waals surface area (Å²) in [5.41, 5.74) is 0.134. The van der Waals surface area contributed by atoms with Crippen molar-refractivity contribution in [2.24, 2.45) is 0 Å². The average Bonchev–Trinajstić information content (AvgIpc) is 2.44. The second-order valence-corrected chi connectivity index (χ2v) is 5.61. The van der Waals surface area contributed by atoms with Gasteiger partial charge in [0.25, 0.3) is 0 Å². The summed E-state index contributed by atoms with van der Waals surface area (Å²) in [4.78, 5) is 8.84. The summed E-state index contributed by atoms with van der Waals surface area (Å²) in [5, 5.41) is 16.8. The van der Waals surface area contributed by atoms with Crippen LogP contribution in [0.4, 0.5) is 11.6 Å². The summed E-state index contributed by atoms with van der Waals surface area (Å²) >= 11 is 0. The van der Waals surface area contributed by atoms with Crippen LogP contribution in [0.1, 0.15) is 38.1 Å². The maximum Gasteiger partial charge on any atom is 0.134 e. The lowest BCUT2D eigenvalue weighted by atomic mass is 10.0. The molecule has 0 aliphatic heterocycles. The standard InChI is InChI=1S/C15H28N4O2/c1-6-8-16-13-11(2)14(19-12(3)18-13)17-10-15(4,20)7-9-21-5/h20H,6-10H2,1-5H3,(H2,16,17,18,19). The number of ether oxygens (including phenoxy) is 1. The fourth-order valence-electron chi connectivity index (χ4n) is 1.90. The van der Waals surface area contributed by atoms with E-state index >= 15 is 0 Å². The van der Waals surface area contributed by atoms with Crippen LogP contribution >= 0.6 is 0 Å². The number of rotatable bonds is 9. The monoisotopic (exact) mass is 296 g/mol. The van der Waals surface area contributed by atoms with Crippen LogP contribution in [0.2, 0.25) is 0 Å². The number of aliphatic hydroxyl groups is 1. The van der Waals surface area contributed by atoms with Gasteiger partial charge in [-0.2, -0.15) is 0 Å². The molecule has 0 aromatic carbocycles. The molecule has 0 amide bonds. The third kappa shape index (κ3) is 5.85. The Bertz CT molecular complexity index is 450. The Morgan fingerprint density at radius 1 is 1.19 bits per heavy atom. The molecule has 1 atom stereocenters.